The van der Waals surface area contributed by atoms with E-state index in [1.807, 2.05) is 36.4 Å². The van der Waals surface area contributed by atoms with E-state index in [0.717, 1.165) is 16.7 Å². The number of aromatic hydroxyl groups is 1. The Bertz CT molecular complexity index is 888. The number of piperidine rings is 1. The molecule has 2 aromatic carbocycles. The molecule has 0 radical (unpaired) electrons. The Labute approximate surface area is 170 Å². The lowest BCUT2D eigenvalue weighted by molar-refractivity contribution is -0.144. The molecule has 0 saturated carbocycles. The van der Waals surface area contributed by atoms with E-state index < -0.39 is 23.6 Å². The first kappa shape index (κ1) is 20.7. The first-order valence-electron chi connectivity index (χ1n) is 9.74. The van der Waals surface area contributed by atoms with Crippen molar-refractivity contribution in [3.63, 3.8) is 0 Å². The molecule has 2 aromatic rings. The van der Waals surface area contributed by atoms with Crippen LogP contribution in [0, 0.1) is 5.92 Å². The lowest BCUT2D eigenvalue weighted by Gasteiger charge is -2.37. The van der Waals surface area contributed by atoms with Gasteiger partial charge in [0.1, 0.15) is 11.4 Å². The quantitative estimate of drug-likeness (QED) is 0.797. The summed E-state index contributed by atoms with van der Waals surface area (Å²) in [7, 11) is 0. The Morgan fingerprint density at radius 1 is 1.07 bits per heavy atom. The number of carboxylic acid groups (broad SMARTS) is 1. The van der Waals surface area contributed by atoms with Crippen LogP contribution in [0.25, 0.3) is 11.1 Å². The van der Waals surface area contributed by atoms with Gasteiger partial charge in [0.2, 0.25) is 0 Å². The van der Waals surface area contributed by atoms with Crippen molar-refractivity contribution in [2.24, 2.45) is 5.92 Å². The standard InChI is InChI=1S/C23H27NO5/c1-23(2,3)29-22(28)24-10-9-19(20(14-24)21(26)27)17-11-16(12-18(25)13-17)15-7-5-4-6-8-15/h4-8,11-13,19-20,25H,9-10,14H2,1-3H3,(H,26,27)/t19-,20?/m1/s1. The number of aliphatic carboxylic acids is 1. The minimum Gasteiger partial charge on any atom is -0.508 e. The van der Waals surface area contributed by atoms with Gasteiger partial charge in [0.05, 0.1) is 5.92 Å². The Hall–Kier alpha value is -3.02. The molecule has 29 heavy (non-hydrogen) atoms. The molecular formula is C23H27NO5. The van der Waals surface area contributed by atoms with E-state index in [2.05, 4.69) is 0 Å². The number of phenols is 1. The largest absolute Gasteiger partial charge is 0.508 e. The molecule has 2 N–H and O–H groups in total. The fourth-order valence-corrected chi connectivity index (χ4v) is 3.74. The summed E-state index contributed by atoms with van der Waals surface area (Å²) in [6.45, 7) is 5.82. The van der Waals surface area contributed by atoms with Crippen LogP contribution in [0.4, 0.5) is 4.79 Å². The zero-order valence-corrected chi connectivity index (χ0v) is 17.0. The molecule has 1 saturated heterocycles. The van der Waals surface area contributed by atoms with Crippen molar-refractivity contribution in [2.75, 3.05) is 13.1 Å². The molecule has 0 aliphatic carbocycles. The summed E-state index contributed by atoms with van der Waals surface area (Å²) in [5.41, 5.74) is 1.91. The van der Waals surface area contributed by atoms with Crippen molar-refractivity contribution >= 4 is 12.1 Å². The van der Waals surface area contributed by atoms with Gasteiger partial charge < -0.3 is 19.8 Å². The summed E-state index contributed by atoms with van der Waals surface area (Å²) in [6, 6.07) is 14.9. The van der Waals surface area contributed by atoms with Crippen LogP contribution in [0.2, 0.25) is 0 Å². The molecule has 6 heteroatoms. The third-order valence-electron chi connectivity index (χ3n) is 5.06. The molecule has 1 fully saturated rings. The average Bonchev–Trinajstić information content (AvgIpc) is 2.66. The maximum absolute atomic E-state index is 12.4. The highest BCUT2D eigenvalue weighted by Crippen LogP contribution is 2.37. The number of likely N-dealkylation sites (tertiary alicyclic amines) is 1. The number of carbonyl (C=O) groups is 2. The maximum atomic E-state index is 12.4. The molecule has 3 rings (SSSR count). The van der Waals surface area contributed by atoms with Gasteiger partial charge in [-0.3, -0.25) is 4.79 Å². The molecule has 154 valence electrons. The van der Waals surface area contributed by atoms with Gasteiger partial charge in [0.15, 0.2) is 0 Å². The molecule has 1 unspecified atom stereocenters. The normalized spacial score (nSPS) is 19.6. The zero-order valence-electron chi connectivity index (χ0n) is 17.0. The maximum Gasteiger partial charge on any atom is 0.410 e. The van der Waals surface area contributed by atoms with Gasteiger partial charge >= 0.3 is 12.1 Å². The van der Waals surface area contributed by atoms with Crippen molar-refractivity contribution in [1.29, 1.82) is 0 Å². The Morgan fingerprint density at radius 3 is 2.38 bits per heavy atom. The van der Waals surface area contributed by atoms with Gasteiger partial charge in [0, 0.05) is 19.0 Å². The fourth-order valence-electron chi connectivity index (χ4n) is 3.74. The fraction of sp³-hybridized carbons (Fsp3) is 0.391. The second-order valence-electron chi connectivity index (χ2n) is 8.45. The number of rotatable bonds is 3. The molecule has 1 heterocycles. The molecule has 0 aromatic heterocycles. The van der Waals surface area contributed by atoms with Gasteiger partial charge in [-0.05, 0) is 56.0 Å². The smallest absolute Gasteiger partial charge is 0.410 e. The van der Waals surface area contributed by atoms with Gasteiger partial charge in [-0.1, -0.05) is 36.4 Å². The Morgan fingerprint density at radius 2 is 1.76 bits per heavy atom. The van der Waals surface area contributed by atoms with E-state index in [9.17, 15) is 19.8 Å². The van der Waals surface area contributed by atoms with Crippen LogP contribution in [-0.2, 0) is 9.53 Å². The summed E-state index contributed by atoms with van der Waals surface area (Å²) in [6.07, 6.45) is -0.0171. The summed E-state index contributed by atoms with van der Waals surface area (Å²) in [5, 5.41) is 20.1. The lowest BCUT2D eigenvalue weighted by atomic mass is 9.79. The van der Waals surface area contributed by atoms with Crippen molar-refractivity contribution < 1.29 is 24.5 Å². The second kappa shape index (κ2) is 8.15. The third-order valence-corrected chi connectivity index (χ3v) is 5.06. The van der Waals surface area contributed by atoms with Crippen LogP contribution in [0.5, 0.6) is 5.75 Å². The number of carboxylic acids is 1. The Kier molecular flexibility index (Phi) is 5.82. The number of phenolic OH excluding ortho intramolecular Hbond substituents is 1. The molecular weight excluding hydrogens is 370 g/mol. The SMILES string of the molecule is CC(C)(C)OC(=O)N1CC[C@H](c2cc(O)cc(-c3ccccc3)c2)C(C(=O)O)C1. The average molecular weight is 397 g/mol. The highest BCUT2D eigenvalue weighted by molar-refractivity contribution is 5.75. The van der Waals surface area contributed by atoms with Crippen molar-refractivity contribution in [1.82, 2.24) is 4.90 Å². The van der Waals surface area contributed by atoms with Crippen LogP contribution in [-0.4, -0.2) is 45.9 Å². The van der Waals surface area contributed by atoms with Crippen LogP contribution in [0.3, 0.4) is 0 Å². The third kappa shape index (κ3) is 5.08. The number of nitrogens with zero attached hydrogens (tertiary/aromatic N) is 1. The van der Waals surface area contributed by atoms with Crippen molar-refractivity contribution in [2.45, 2.75) is 38.7 Å². The predicted molar refractivity (Wildman–Crippen MR) is 110 cm³/mol. The van der Waals surface area contributed by atoms with Crippen LogP contribution >= 0.6 is 0 Å². The van der Waals surface area contributed by atoms with Crippen molar-refractivity contribution in [3.8, 4) is 16.9 Å². The minimum atomic E-state index is -0.965. The van der Waals surface area contributed by atoms with Gasteiger partial charge in [-0.2, -0.15) is 0 Å². The van der Waals surface area contributed by atoms with Gasteiger partial charge in [-0.15, -0.1) is 0 Å². The molecule has 6 nitrogen and oxygen atoms in total. The number of hydrogen-bond acceptors (Lipinski definition) is 4. The van der Waals surface area contributed by atoms with E-state index in [-0.39, 0.29) is 18.2 Å². The zero-order chi connectivity index (χ0) is 21.2. The minimum absolute atomic E-state index is 0.0746. The lowest BCUT2D eigenvalue weighted by Crippen LogP contribution is -2.47. The van der Waals surface area contributed by atoms with E-state index in [1.54, 1.807) is 32.9 Å². The van der Waals surface area contributed by atoms with E-state index in [4.69, 9.17) is 4.74 Å². The van der Waals surface area contributed by atoms with E-state index >= 15 is 0 Å². The number of hydrogen-bond donors (Lipinski definition) is 2. The van der Waals surface area contributed by atoms with Crippen LogP contribution < -0.4 is 0 Å². The topological polar surface area (TPSA) is 87.1 Å². The summed E-state index contributed by atoms with van der Waals surface area (Å²) < 4.78 is 5.40. The first-order valence-corrected chi connectivity index (χ1v) is 9.74. The van der Waals surface area contributed by atoms with E-state index in [1.165, 1.54) is 4.90 Å². The number of benzene rings is 2. The monoisotopic (exact) mass is 397 g/mol. The summed E-state index contributed by atoms with van der Waals surface area (Å²) >= 11 is 0. The molecule has 1 amide bonds. The molecule has 2 atom stereocenters. The predicted octanol–water partition coefficient (Wildman–Crippen LogP) is 4.48. The van der Waals surface area contributed by atoms with Crippen LogP contribution in [0.15, 0.2) is 48.5 Å². The second-order valence-corrected chi connectivity index (χ2v) is 8.45. The summed E-state index contributed by atoms with van der Waals surface area (Å²) in [4.78, 5) is 25.8. The number of amides is 1. The van der Waals surface area contributed by atoms with Gasteiger partial charge in [-0.25, -0.2) is 4.79 Å². The number of ether oxygens (including phenoxy) is 1. The summed E-state index contributed by atoms with van der Waals surface area (Å²) in [5.74, 6) is -1.95. The highest BCUT2D eigenvalue weighted by Gasteiger charge is 2.38. The Balaban J connectivity index is 1.86. The number of carbonyl (C=O) groups excluding carboxylic acids is 1. The highest BCUT2D eigenvalue weighted by atomic mass is 16.6. The molecule has 1 aliphatic rings. The molecule has 0 bridgehead atoms. The van der Waals surface area contributed by atoms with Gasteiger partial charge in [0.25, 0.3) is 0 Å². The van der Waals surface area contributed by atoms with Crippen molar-refractivity contribution in [3.05, 3.63) is 54.1 Å². The molecule has 1 aliphatic heterocycles. The van der Waals surface area contributed by atoms with Crippen LogP contribution in [0.1, 0.15) is 38.7 Å². The van der Waals surface area contributed by atoms with E-state index in [0.29, 0.717) is 13.0 Å². The first-order chi connectivity index (χ1) is 13.6. The molecule has 0 spiro atoms.